The number of carboxylic acid groups (broad SMARTS) is 1. The van der Waals surface area contributed by atoms with Crippen LogP contribution >= 0.6 is 11.6 Å². The van der Waals surface area contributed by atoms with Crippen LogP contribution in [0.4, 0.5) is 4.39 Å². The molecule has 6 heteroatoms. The summed E-state index contributed by atoms with van der Waals surface area (Å²) in [7, 11) is 0. The van der Waals surface area contributed by atoms with Crippen LogP contribution < -0.4 is 4.74 Å². The Morgan fingerprint density at radius 2 is 1.92 bits per heavy atom. The SMILES string of the molecule is O=C(O)C1CCN(Cc2ccccc2Oc2ccc(F)cc2Cl)CC1. The first-order chi connectivity index (χ1) is 12.0. The maximum atomic E-state index is 13.2. The molecule has 2 aromatic carbocycles. The molecule has 0 aliphatic carbocycles. The summed E-state index contributed by atoms with van der Waals surface area (Å²) in [6.45, 7) is 2.15. The van der Waals surface area contributed by atoms with Gasteiger partial charge in [-0.15, -0.1) is 0 Å². The van der Waals surface area contributed by atoms with Crippen molar-refractivity contribution in [3.63, 3.8) is 0 Å². The lowest BCUT2D eigenvalue weighted by Gasteiger charge is -2.30. The van der Waals surface area contributed by atoms with Crippen LogP contribution in [0.3, 0.4) is 0 Å². The highest BCUT2D eigenvalue weighted by atomic mass is 35.5. The van der Waals surface area contributed by atoms with E-state index in [1.165, 1.54) is 18.2 Å². The third-order valence-electron chi connectivity index (χ3n) is 4.42. The van der Waals surface area contributed by atoms with Crippen molar-refractivity contribution < 1.29 is 19.0 Å². The fraction of sp³-hybridized carbons (Fsp3) is 0.316. The number of piperidine rings is 1. The summed E-state index contributed by atoms with van der Waals surface area (Å²) >= 11 is 6.04. The number of benzene rings is 2. The van der Waals surface area contributed by atoms with Gasteiger partial charge in [0, 0.05) is 12.1 Å². The average Bonchev–Trinajstić information content (AvgIpc) is 2.59. The Morgan fingerprint density at radius 1 is 1.20 bits per heavy atom. The summed E-state index contributed by atoms with van der Waals surface area (Å²) in [5.41, 5.74) is 0.983. The quantitative estimate of drug-likeness (QED) is 0.845. The van der Waals surface area contributed by atoms with E-state index < -0.39 is 11.8 Å². The molecule has 1 aliphatic heterocycles. The summed E-state index contributed by atoms with van der Waals surface area (Å²) in [5, 5.41) is 9.31. The van der Waals surface area contributed by atoms with Gasteiger partial charge in [-0.05, 0) is 50.2 Å². The van der Waals surface area contributed by atoms with Crippen molar-refractivity contribution in [2.75, 3.05) is 13.1 Å². The molecule has 0 spiro atoms. The van der Waals surface area contributed by atoms with Crippen molar-refractivity contribution >= 4 is 17.6 Å². The zero-order valence-electron chi connectivity index (χ0n) is 13.6. The van der Waals surface area contributed by atoms with Crippen molar-refractivity contribution in [2.24, 2.45) is 5.92 Å². The van der Waals surface area contributed by atoms with Crippen LogP contribution in [0, 0.1) is 11.7 Å². The maximum absolute atomic E-state index is 13.2. The van der Waals surface area contributed by atoms with E-state index in [1.807, 2.05) is 24.3 Å². The van der Waals surface area contributed by atoms with E-state index in [0.717, 1.165) is 18.7 Å². The van der Waals surface area contributed by atoms with Gasteiger partial charge in [0.25, 0.3) is 0 Å². The zero-order valence-corrected chi connectivity index (χ0v) is 14.4. The summed E-state index contributed by atoms with van der Waals surface area (Å²) in [4.78, 5) is 13.3. The Morgan fingerprint density at radius 3 is 2.60 bits per heavy atom. The molecule has 1 N–H and O–H groups in total. The van der Waals surface area contributed by atoms with Gasteiger partial charge in [-0.2, -0.15) is 0 Å². The molecular weight excluding hydrogens is 345 g/mol. The zero-order chi connectivity index (χ0) is 17.8. The number of nitrogens with zero attached hydrogens (tertiary/aromatic N) is 1. The summed E-state index contributed by atoms with van der Waals surface area (Å²) in [5.74, 6) is -0.307. The minimum absolute atomic E-state index is 0.220. The van der Waals surface area contributed by atoms with Crippen LogP contribution in [0.25, 0.3) is 0 Å². The molecule has 0 saturated carbocycles. The molecule has 25 heavy (non-hydrogen) atoms. The average molecular weight is 364 g/mol. The maximum Gasteiger partial charge on any atom is 0.306 e. The van der Waals surface area contributed by atoms with E-state index in [9.17, 15) is 9.18 Å². The van der Waals surface area contributed by atoms with Crippen LogP contribution in [0.1, 0.15) is 18.4 Å². The van der Waals surface area contributed by atoms with Crippen molar-refractivity contribution in [1.29, 1.82) is 0 Å². The number of aliphatic carboxylic acids is 1. The first-order valence-corrected chi connectivity index (χ1v) is 8.56. The highest BCUT2D eigenvalue weighted by Crippen LogP contribution is 2.32. The van der Waals surface area contributed by atoms with E-state index in [2.05, 4.69) is 4.90 Å². The molecular formula is C19H19ClFNO3. The van der Waals surface area contributed by atoms with E-state index in [1.54, 1.807) is 0 Å². The Balaban J connectivity index is 1.70. The van der Waals surface area contributed by atoms with Crippen LogP contribution in [0.5, 0.6) is 11.5 Å². The Labute approximate surface area is 150 Å². The van der Waals surface area contributed by atoms with Gasteiger partial charge in [0.2, 0.25) is 0 Å². The first kappa shape index (κ1) is 17.7. The fourth-order valence-corrected chi connectivity index (χ4v) is 3.20. The molecule has 0 radical (unpaired) electrons. The minimum Gasteiger partial charge on any atom is -0.481 e. The molecule has 1 saturated heterocycles. The summed E-state index contributed by atoms with van der Waals surface area (Å²) < 4.78 is 19.1. The minimum atomic E-state index is -0.714. The molecule has 1 aliphatic rings. The normalized spacial score (nSPS) is 15.9. The van der Waals surface area contributed by atoms with Crippen LogP contribution in [0.2, 0.25) is 5.02 Å². The number of halogens is 2. The lowest BCUT2D eigenvalue weighted by Crippen LogP contribution is -2.35. The predicted molar refractivity (Wildman–Crippen MR) is 93.6 cm³/mol. The number of hydrogen-bond acceptors (Lipinski definition) is 3. The number of ether oxygens (including phenoxy) is 1. The molecule has 1 fully saturated rings. The van der Waals surface area contributed by atoms with E-state index in [4.69, 9.17) is 21.4 Å². The van der Waals surface area contributed by atoms with Gasteiger partial charge >= 0.3 is 5.97 Å². The number of carbonyl (C=O) groups is 1. The number of hydrogen-bond donors (Lipinski definition) is 1. The molecule has 0 atom stereocenters. The predicted octanol–water partition coefficient (Wildman–Crippen LogP) is 4.57. The number of rotatable bonds is 5. The number of para-hydroxylation sites is 1. The van der Waals surface area contributed by atoms with Gasteiger partial charge in [0.1, 0.15) is 17.3 Å². The Hall–Kier alpha value is -2.11. The largest absolute Gasteiger partial charge is 0.481 e. The lowest BCUT2D eigenvalue weighted by molar-refractivity contribution is -0.143. The molecule has 0 amide bonds. The highest BCUT2D eigenvalue weighted by molar-refractivity contribution is 6.32. The van der Waals surface area contributed by atoms with Crippen molar-refractivity contribution in [3.8, 4) is 11.5 Å². The van der Waals surface area contributed by atoms with Gasteiger partial charge < -0.3 is 9.84 Å². The smallest absolute Gasteiger partial charge is 0.306 e. The second-order valence-corrected chi connectivity index (χ2v) is 6.58. The molecule has 4 nitrogen and oxygen atoms in total. The van der Waals surface area contributed by atoms with Crippen molar-refractivity contribution in [2.45, 2.75) is 19.4 Å². The van der Waals surface area contributed by atoms with Gasteiger partial charge in [0.05, 0.1) is 10.9 Å². The van der Waals surface area contributed by atoms with Gasteiger partial charge in [-0.25, -0.2) is 4.39 Å². The molecule has 2 aromatic rings. The molecule has 3 rings (SSSR count). The van der Waals surface area contributed by atoms with E-state index in [0.29, 0.717) is 30.9 Å². The standard InChI is InChI=1S/C19H19ClFNO3/c20-16-11-15(21)5-6-18(16)25-17-4-2-1-3-14(17)12-22-9-7-13(8-10-22)19(23)24/h1-6,11,13H,7-10,12H2,(H,23,24). The van der Waals surface area contributed by atoms with Crippen molar-refractivity contribution in [1.82, 2.24) is 4.90 Å². The van der Waals surface area contributed by atoms with E-state index >= 15 is 0 Å². The number of carboxylic acids is 1. The Bertz CT molecular complexity index is 760. The van der Waals surface area contributed by atoms with Crippen LogP contribution in [-0.4, -0.2) is 29.1 Å². The lowest BCUT2D eigenvalue weighted by atomic mass is 9.97. The third kappa shape index (κ3) is 4.50. The van der Waals surface area contributed by atoms with Gasteiger partial charge in [0.15, 0.2) is 0 Å². The van der Waals surface area contributed by atoms with E-state index in [-0.39, 0.29) is 10.9 Å². The van der Waals surface area contributed by atoms with Crippen LogP contribution in [-0.2, 0) is 11.3 Å². The van der Waals surface area contributed by atoms with Crippen molar-refractivity contribution in [3.05, 3.63) is 58.9 Å². The Kier molecular flexibility index (Phi) is 5.56. The molecule has 1 heterocycles. The molecule has 0 unspecified atom stereocenters. The summed E-state index contributed by atoms with van der Waals surface area (Å²) in [6.07, 6.45) is 1.31. The molecule has 0 aromatic heterocycles. The molecule has 0 bridgehead atoms. The van der Waals surface area contributed by atoms with Crippen LogP contribution in [0.15, 0.2) is 42.5 Å². The molecule has 132 valence electrons. The topological polar surface area (TPSA) is 49.8 Å². The second-order valence-electron chi connectivity index (χ2n) is 6.17. The first-order valence-electron chi connectivity index (χ1n) is 8.19. The highest BCUT2D eigenvalue weighted by Gasteiger charge is 2.24. The number of likely N-dealkylation sites (tertiary alicyclic amines) is 1. The third-order valence-corrected chi connectivity index (χ3v) is 4.71. The van der Waals surface area contributed by atoms with Gasteiger partial charge in [-0.1, -0.05) is 29.8 Å². The second kappa shape index (κ2) is 7.85. The van der Waals surface area contributed by atoms with Gasteiger partial charge in [-0.3, -0.25) is 9.69 Å². The fourth-order valence-electron chi connectivity index (χ4n) is 2.99. The summed E-state index contributed by atoms with van der Waals surface area (Å²) in [6, 6.07) is 11.6. The monoisotopic (exact) mass is 363 g/mol.